The number of pyridine rings is 1. The Bertz CT molecular complexity index is 887. The Hall–Kier alpha value is -2.37. The highest BCUT2D eigenvalue weighted by molar-refractivity contribution is 7.92. The molecule has 7 nitrogen and oxygen atoms in total. The van der Waals surface area contributed by atoms with Crippen LogP contribution in [0.15, 0.2) is 30.7 Å². The van der Waals surface area contributed by atoms with Gasteiger partial charge in [-0.15, -0.1) is 6.42 Å². The lowest BCUT2D eigenvalue weighted by atomic mass is 10.3. The molecule has 2 aromatic rings. The molecule has 0 aromatic carbocycles. The molecule has 0 saturated carbocycles. The minimum atomic E-state index is -3.57. The Morgan fingerprint density at radius 2 is 2.25 bits per heavy atom. The van der Waals surface area contributed by atoms with Gasteiger partial charge in [0.05, 0.1) is 24.6 Å². The van der Waals surface area contributed by atoms with Gasteiger partial charge >= 0.3 is 0 Å². The van der Waals surface area contributed by atoms with Gasteiger partial charge in [0.15, 0.2) is 15.0 Å². The first-order valence-electron chi connectivity index (χ1n) is 6.85. The number of sulfone groups is 1. The maximum atomic E-state index is 12.5. The minimum Gasteiger partial charge on any atom is -0.295 e. The summed E-state index contributed by atoms with van der Waals surface area (Å²) in [6, 6.07) is 3.48. The Kier molecular flexibility index (Phi) is 5.26. The van der Waals surface area contributed by atoms with Crippen LogP contribution >= 0.6 is 11.6 Å². The highest BCUT2D eigenvalue weighted by Gasteiger charge is 2.31. The third-order valence-electron chi connectivity index (χ3n) is 3.36. The third-order valence-corrected chi connectivity index (χ3v) is 5.11. The number of nitrogens with zero attached hydrogens (tertiary/aromatic N) is 4. The predicted octanol–water partition coefficient (Wildman–Crippen LogP) is 1.32. The molecule has 126 valence electrons. The van der Waals surface area contributed by atoms with E-state index in [1.165, 1.54) is 17.8 Å². The van der Waals surface area contributed by atoms with E-state index in [0.717, 1.165) is 11.2 Å². The molecule has 2 heterocycles. The maximum absolute atomic E-state index is 12.5. The molecule has 0 radical (unpaired) electrons. The van der Waals surface area contributed by atoms with Crippen LogP contribution in [0.1, 0.15) is 6.92 Å². The van der Waals surface area contributed by atoms with Crippen molar-refractivity contribution in [2.45, 2.75) is 12.2 Å². The number of aromatic nitrogens is 3. The summed E-state index contributed by atoms with van der Waals surface area (Å²) >= 11 is 6.12. The van der Waals surface area contributed by atoms with E-state index in [2.05, 4.69) is 16.0 Å². The lowest BCUT2D eigenvalue weighted by Gasteiger charge is -2.21. The molecule has 0 aliphatic heterocycles. The first-order valence-corrected chi connectivity index (χ1v) is 9.18. The summed E-state index contributed by atoms with van der Waals surface area (Å²) in [6.07, 6.45) is 11.0. The maximum Gasteiger partial charge on any atom is 0.246 e. The molecule has 1 unspecified atom stereocenters. The number of halogens is 1. The number of carbonyl (C=O) groups excluding carboxylic acids is 1. The number of anilines is 1. The molecule has 1 atom stereocenters. The van der Waals surface area contributed by atoms with Crippen molar-refractivity contribution in [3.63, 3.8) is 0 Å². The van der Waals surface area contributed by atoms with Gasteiger partial charge in [-0.3, -0.25) is 14.7 Å². The number of amides is 1. The highest BCUT2D eigenvalue weighted by atomic mass is 35.5. The number of carbonyl (C=O) groups is 1. The summed E-state index contributed by atoms with van der Waals surface area (Å²) in [7, 11) is -3.57. The molecule has 0 saturated heterocycles. The van der Waals surface area contributed by atoms with Crippen molar-refractivity contribution in [2.24, 2.45) is 0 Å². The van der Waals surface area contributed by atoms with Crippen molar-refractivity contribution < 1.29 is 13.2 Å². The third kappa shape index (κ3) is 3.75. The van der Waals surface area contributed by atoms with Crippen LogP contribution in [0.3, 0.4) is 0 Å². The van der Waals surface area contributed by atoms with Gasteiger partial charge in [0.1, 0.15) is 10.9 Å². The van der Waals surface area contributed by atoms with E-state index < -0.39 is 21.0 Å². The van der Waals surface area contributed by atoms with Gasteiger partial charge in [0.2, 0.25) is 5.91 Å². The molecule has 24 heavy (non-hydrogen) atoms. The zero-order valence-corrected chi connectivity index (χ0v) is 14.6. The summed E-state index contributed by atoms with van der Waals surface area (Å²) in [5.74, 6) is 1.67. The highest BCUT2D eigenvalue weighted by Crippen LogP contribution is 2.27. The Morgan fingerprint density at radius 3 is 2.79 bits per heavy atom. The lowest BCUT2D eigenvalue weighted by molar-refractivity contribution is -0.117. The fourth-order valence-corrected chi connectivity index (χ4v) is 2.65. The summed E-state index contributed by atoms with van der Waals surface area (Å²) in [6.45, 7) is 1.18. The molecule has 9 heteroatoms. The standard InChI is InChI=1S/C15H15ClN4O3S/c1-4-8-19(15(21)11(2)24(3,22)23)13-10-20(18-14(13)16)12-6-5-7-17-9-12/h1,5-7,9-11H,8H2,2-3H3. The van der Waals surface area contributed by atoms with Crippen LogP contribution in [0.2, 0.25) is 5.15 Å². The average molecular weight is 367 g/mol. The zero-order valence-electron chi connectivity index (χ0n) is 13.0. The van der Waals surface area contributed by atoms with E-state index in [0.29, 0.717) is 5.69 Å². The molecule has 1 amide bonds. The van der Waals surface area contributed by atoms with E-state index in [-0.39, 0.29) is 17.4 Å². The first-order chi connectivity index (χ1) is 11.3. The second-order valence-corrected chi connectivity index (χ2v) is 7.79. The van der Waals surface area contributed by atoms with Gasteiger partial charge in [-0.1, -0.05) is 17.5 Å². The molecule has 2 rings (SSSR count). The van der Waals surface area contributed by atoms with Gasteiger partial charge in [0.25, 0.3) is 0 Å². The summed E-state index contributed by atoms with van der Waals surface area (Å²) in [4.78, 5) is 17.6. The number of hydrogen-bond donors (Lipinski definition) is 0. The molecule has 0 aliphatic carbocycles. The fourth-order valence-electron chi connectivity index (χ4n) is 1.92. The van der Waals surface area contributed by atoms with Gasteiger partial charge in [-0.2, -0.15) is 5.10 Å². The van der Waals surface area contributed by atoms with Crippen molar-refractivity contribution in [3.05, 3.63) is 35.9 Å². The average Bonchev–Trinajstić information content (AvgIpc) is 2.93. The van der Waals surface area contributed by atoms with Crippen molar-refractivity contribution in [1.82, 2.24) is 14.8 Å². The van der Waals surface area contributed by atoms with Crippen molar-refractivity contribution in [3.8, 4) is 18.0 Å². The summed E-state index contributed by atoms with van der Waals surface area (Å²) in [5, 5.41) is 2.90. The van der Waals surface area contributed by atoms with Gasteiger partial charge in [0, 0.05) is 12.5 Å². The molecule has 0 spiro atoms. The van der Waals surface area contributed by atoms with E-state index >= 15 is 0 Å². The van der Waals surface area contributed by atoms with Crippen molar-refractivity contribution in [1.29, 1.82) is 0 Å². The second kappa shape index (κ2) is 7.03. The van der Waals surface area contributed by atoms with Crippen molar-refractivity contribution in [2.75, 3.05) is 17.7 Å². The van der Waals surface area contributed by atoms with Gasteiger partial charge in [-0.25, -0.2) is 13.1 Å². The van der Waals surface area contributed by atoms with E-state index in [1.807, 2.05) is 0 Å². The summed E-state index contributed by atoms with van der Waals surface area (Å²) in [5.41, 5.74) is 0.869. The zero-order chi connectivity index (χ0) is 17.9. The van der Waals surface area contributed by atoms with E-state index in [1.54, 1.807) is 24.5 Å². The monoisotopic (exact) mass is 366 g/mol. The molecule has 2 aromatic heterocycles. The van der Waals surface area contributed by atoms with Crippen LogP contribution in [0, 0.1) is 12.3 Å². The Balaban J connectivity index is 2.44. The minimum absolute atomic E-state index is 0.0307. The molecule has 0 bridgehead atoms. The summed E-state index contributed by atoms with van der Waals surface area (Å²) < 4.78 is 24.8. The largest absolute Gasteiger partial charge is 0.295 e. The second-order valence-electron chi connectivity index (χ2n) is 5.06. The number of terminal acetylenes is 1. The van der Waals surface area contributed by atoms with Gasteiger partial charge < -0.3 is 0 Å². The molecular formula is C15H15ClN4O3S. The lowest BCUT2D eigenvalue weighted by Crippen LogP contribution is -2.41. The fraction of sp³-hybridized carbons (Fsp3) is 0.267. The van der Waals surface area contributed by atoms with Gasteiger partial charge in [-0.05, 0) is 19.1 Å². The topological polar surface area (TPSA) is 85.2 Å². The quantitative estimate of drug-likeness (QED) is 0.745. The molecule has 0 N–H and O–H groups in total. The molecule has 0 fully saturated rings. The van der Waals surface area contributed by atoms with Crippen molar-refractivity contribution >= 4 is 33.0 Å². The van der Waals surface area contributed by atoms with Crippen LogP contribution in [0.25, 0.3) is 5.69 Å². The number of hydrogen-bond acceptors (Lipinski definition) is 5. The predicted molar refractivity (Wildman–Crippen MR) is 91.9 cm³/mol. The Morgan fingerprint density at radius 1 is 1.54 bits per heavy atom. The van der Waals surface area contributed by atoms with Crippen LogP contribution in [0.4, 0.5) is 5.69 Å². The molecular weight excluding hydrogens is 352 g/mol. The Labute approximate surface area is 145 Å². The normalized spacial score (nSPS) is 12.4. The smallest absolute Gasteiger partial charge is 0.246 e. The van der Waals surface area contributed by atoms with E-state index in [4.69, 9.17) is 18.0 Å². The molecule has 0 aliphatic rings. The van der Waals surface area contributed by atoms with E-state index in [9.17, 15) is 13.2 Å². The first kappa shape index (κ1) is 18.0. The van der Waals surface area contributed by atoms with Crippen LogP contribution in [-0.4, -0.2) is 47.1 Å². The van der Waals surface area contributed by atoms with Crippen LogP contribution in [-0.2, 0) is 14.6 Å². The van der Waals surface area contributed by atoms with Crippen LogP contribution in [0.5, 0.6) is 0 Å². The SMILES string of the molecule is C#CCN(C(=O)C(C)S(C)(=O)=O)c1cn(-c2cccnc2)nc1Cl. The number of rotatable bonds is 5. The van der Waals surface area contributed by atoms with Crippen LogP contribution < -0.4 is 4.90 Å².